The van der Waals surface area contributed by atoms with Gasteiger partial charge >= 0.3 is 6.18 Å². The van der Waals surface area contributed by atoms with Gasteiger partial charge in [-0.2, -0.15) is 13.2 Å². The highest BCUT2D eigenvalue weighted by Gasteiger charge is 2.34. The summed E-state index contributed by atoms with van der Waals surface area (Å²) in [5, 5.41) is 0. The predicted molar refractivity (Wildman–Crippen MR) is 83.3 cm³/mol. The first kappa shape index (κ1) is 16.1. The lowest BCUT2D eigenvalue weighted by molar-refractivity contribution is -0.137. The number of ether oxygens (including phenoxy) is 1. The van der Waals surface area contributed by atoms with Crippen LogP contribution in [0.15, 0.2) is 48.6 Å². The fraction of sp³-hybridized carbons (Fsp3) is 0.444. The van der Waals surface area contributed by atoms with E-state index < -0.39 is 11.7 Å². The van der Waals surface area contributed by atoms with Crippen molar-refractivity contribution in [3.8, 4) is 5.75 Å². The van der Waals surface area contributed by atoms with Crippen molar-refractivity contribution in [3.05, 3.63) is 54.1 Å². The molecule has 1 unspecified atom stereocenters. The summed E-state index contributed by atoms with van der Waals surface area (Å²) in [6, 6.07) is 4.90. The van der Waals surface area contributed by atoms with Crippen LogP contribution in [-0.4, -0.2) is 30.6 Å². The summed E-state index contributed by atoms with van der Waals surface area (Å²) in [4.78, 5) is 2.32. The molecule has 3 rings (SSSR count). The van der Waals surface area contributed by atoms with E-state index in [1.165, 1.54) is 12.1 Å². The SMILES string of the molecule is CC1(CN2CC(Oc3ccc(C(F)(F)F)cc3)C2)C=CC=CC1. The Balaban J connectivity index is 1.47. The van der Waals surface area contributed by atoms with Crippen LogP contribution in [0.25, 0.3) is 0 Å². The van der Waals surface area contributed by atoms with Crippen molar-refractivity contribution in [3.63, 3.8) is 0 Å². The van der Waals surface area contributed by atoms with Crippen LogP contribution >= 0.6 is 0 Å². The average molecular weight is 323 g/mol. The molecule has 23 heavy (non-hydrogen) atoms. The lowest BCUT2D eigenvalue weighted by Gasteiger charge is -2.43. The Morgan fingerprint density at radius 1 is 1.17 bits per heavy atom. The highest BCUT2D eigenvalue weighted by atomic mass is 19.4. The second-order valence-electron chi connectivity index (χ2n) is 6.60. The third kappa shape index (κ3) is 3.96. The van der Waals surface area contributed by atoms with E-state index in [1.807, 2.05) is 0 Å². The lowest BCUT2D eigenvalue weighted by atomic mass is 9.82. The number of hydrogen-bond donors (Lipinski definition) is 0. The molecule has 1 fully saturated rings. The van der Waals surface area contributed by atoms with E-state index in [2.05, 4.69) is 36.1 Å². The van der Waals surface area contributed by atoms with Crippen molar-refractivity contribution in [2.75, 3.05) is 19.6 Å². The molecular weight excluding hydrogens is 303 g/mol. The first-order valence-corrected chi connectivity index (χ1v) is 7.75. The molecule has 0 N–H and O–H groups in total. The van der Waals surface area contributed by atoms with Gasteiger partial charge < -0.3 is 4.74 Å². The zero-order chi connectivity index (χ0) is 16.5. The minimum atomic E-state index is -4.30. The van der Waals surface area contributed by atoms with E-state index in [0.717, 1.165) is 38.2 Å². The van der Waals surface area contributed by atoms with E-state index in [1.54, 1.807) is 0 Å². The first-order chi connectivity index (χ1) is 10.8. The first-order valence-electron chi connectivity index (χ1n) is 7.75. The zero-order valence-electron chi connectivity index (χ0n) is 13.0. The molecule has 5 heteroatoms. The zero-order valence-corrected chi connectivity index (χ0v) is 13.0. The molecule has 0 radical (unpaired) electrons. The van der Waals surface area contributed by atoms with Crippen LogP contribution in [0.5, 0.6) is 5.75 Å². The summed E-state index contributed by atoms with van der Waals surface area (Å²) in [5.41, 5.74) is -0.487. The van der Waals surface area contributed by atoms with Crippen LogP contribution in [0.1, 0.15) is 18.9 Å². The molecule has 1 saturated heterocycles. The molecule has 0 bridgehead atoms. The Bertz CT molecular complexity index is 600. The number of halogens is 3. The summed E-state index contributed by atoms with van der Waals surface area (Å²) < 4.78 is 43.3. The van der Waals surface area contributed by atoms with Crippen molar-refractivity contribution in [1.29, 1.82) is 0 Å². The van der Waals surface area contributed by atoms with E-state index in [0.29, 0.717) is 5.75 Å². The molecule has 0 spiro atoms. The molecule has 1 atom stereocenters. The number of allylic oxidation sites excluding steroid dienone is 3. The smallest absolute Gasteiger partial charge is 0.416 e. The number of hydrogen-bond acceptors (Lipinski definition) is 2. The van der Waals surface area contributed by atoms with Crippen molar-refractivity contribution >= 4 is 0 Å². The topological polar surface area (TPSA) is 12.5 Å². The molecule has 124 valence electrons. The van der Waals surface area contributed by atoms with Gasteiger partial charge in [0.1, 0.15) is 11.9 Å². The maximum atomic E-state index is 12.5. The van der Waals surface area contributed by atoms with Gasteiger partial charge in [-0.05, 0) is 30.7 Å². The predicted octanol–water partition coefficient (Wildman–Crippen LogP) is 4.29. The molecule has 1 aliphatic heterocycles. The monoisotopic (exact) mass is 323 g/mol. The minimum Gasteiger partial charge on any atom is -0.488 e. The van der Waals surface area contributed by atoms with Crippen molar-refractivity contribution < 1.29 is 17.9 Å². The normalized spacial score (nSPS) is 25.4. The summed E-state index contributed by atoms with van der Waals surface area (Å²) in [5.74, 6) is 0.495. The minimum absolute atomic E-state index is 0.0541. The standard InChI is InChI=1S/C18H20F3NO/c1-17(9-3-2-4-10-17)13-22-11-16(12-22)23-15-7-5-14(6-8-15)18(19,20)21/h2-9,16H,10-13H2,1H3. The summed E-state index contributed by atoms with van der Waals surface area (Å²) in [7, 11) is 0. The Morgan fingerprint density at radius 3 is 2.43 bits per heavy atom. The second kappa shape index (κ2) is 6.04. The third-order valence-electron chi connectivity index (χ3n) is 4.32. The fourth-order valence-corrected chi connectivity index (χ4v) is 3.04. The Morgan fingerprint density at radius 2 is 1.87 bits per heavy atom. The van der Waals surface area contributed by atoms with Gasteiger partial charge in [-0.25, -0.2) is 0 Å². The van der Waals surface area contributed by atoms with Crippen LogP contribution in [0.3, 0.4) is 0 Å². The number of likely N-dealkylation sites (tertiary alicyclic amines) is 1. The third-order valence-corrected chi connectivity index (χ3v) is 4.32. The van der Waals surface area contributed by atoms with Gasteiger partial charge in [0, 0.05) is 25.0 Å². The van der Waals surface area contributed by atoms with Crippen molar-refractivity contribution in [2.45, 2.75) is 25.6 Å². The Hall–Kier alpha value is -1.75. The molecule has 1 aliphatic carbocycles. The molecule has 0 amide bonds. The van der Waals surface area contributed by atoms with Crippen LogP contribution in [0.4, 0.5) is 13.2 Å². The van der Waals surface area contributed by atoms with Gasteiger partial charge in [0.05, 0.1) is 5.56 Å². The molecule has 1 aromatic carbocycles. The van der Waals surface area contributed by atoms with Gasteiger partial charge in [0.15, 0.2) is 0 Å². The number of benzene rings is 1. The Labute approximate surface area is 134 Å². The highest BCUT2D eigenvalue weighted by molar-refractivity contribution is 5.29. The van der Waals surface area contributed by atoms with Gasteiger partial charge in [0.25, 0.3) is 0 Å². The van der Waals surface area contributed by atoms with E-state index in [4.69, 9.17) is 4.74 Å². The summed E-state index contributed by atoms with van der Waals surface area (Å²) in [6.07, 6.45) is 5.34. The molecule has 0 saturated carbocycles. The number of rotatable bonds is 4. The van der Waals surface area contributed by atoms with E-state index in [-0.39, 0.29) is 11.5 Å². The number of alkyl halides is 3. The number of nitrogens with zero attached hydrogens (tertiary/aromatic N) is 1. The van der Waals surface area contributed by atoms with Crippen molar-refractivity contribution in [1.82, 2.24) is 4.90 Å². The molecule has 1 aromatic rings. The second-order valence-corrected chi connectivity index (χ2v) is 6.60. The van der Waals surface area contributed by atoms with Gasteiger partial charge in [-0.1, -0.05) is 31.2 Å². The summed E-state index contributed by atoms with van der Waals surface area (Å²) >= 11 is 0. The van der Waals surface area contributed by atoms with Crippen LogP contribution in [-0.2, 0) is 6.18 Å². The maximum Gasteiger partial charge on any atom is 0.416 e. The van der Waals surface area contributed by atoms with Crippen LogP contribution < -0.4 is 4.74 Å². The molecule has 2 nitrogen and oxygen atoms in total. The van der Waals surface area contributed by atoms with Gasteiger partial charge in [0.2, 0.25) is 0 Å². The van der Waals surface area contributed by atoms with E-state index in [9.17, 15) is 13.2 Å². The Kier molecular flexibility index (Phi) is 4.23. The fourth-order valence-electron chi connectivity index (χ4n) is 3.04. The highest BCUT2D eigenvalue weighted by Crippen LogP contribution is 2.32. The largest absolute Gasteiger partial charge is 0.488 e. The van der Waals surface area contributed by atoms with Crippen LogP contribution in [0.2, 0.25) is 0 Å². The molecule has 2 aliphatic rings. The molecular formula is C18H20F3NO. The average Bonchev–Trinajstić information content (AvgIpc) is 2.45. The van der Waals surface area contributed by atoms with Crippen LogP contribution in [0, 0.1) is 5.41 Å². The van der Waals surface area contributed by atoms with Gasteiger partial charge in [-0.3, -0.25) is 4.90 Å². The lowest BCUT2D eigenvalue weighted by Crippen LogP contribution is -2.56. The molecule has 1 heterocycles. The van der Waals surface area contributed by atoms with Crippen molar-refractivity contribution in [2.24, 2.45) is 5.41 Å². The van der Waals surface area contributed by atoms with E-state index >= 15 is 0 Å². The van der Waals surface area contributed by atoms with Gasteiger partial charge in [-0.15, -0.1) is 0 Å². The maximum absolute atomic E-state index is 12.5. The molecule has 0 aromatic heterocycles. The summed E-state index contributed by atoms with van der Waals surface area (Å²) in [6.45, 7) is 4.83. The quantitative estimate of drug-likeness (QED) is 0.819.